The van der Waals surface area contributed by atoms with Gasteiger partial charge in [-0.05, 0) is 56.0 Å². The molecule has 2 aliphatic rings. The van der Waals surface area contributed by atoms with Gasteiger partial charge in [0.05, 0.1) is 11.9 Å². The number of sulfonamides is 1. The maximum Gasteiger partial charge on any atom is 0.242 e. The van der Waals surface area contributed by atoms with Crippen LogP contribution in [0, 0.1) is 0 Å². The summed E-state index contributed by atoms with van der Waals surface area (Å²) < 4.78 is 37.1. The number of hydrogen-bond acceptors (Lipinski definition) is 6. The summed E-state index contributed by atoms with van der Waals surface area (Å²) in [6, 6.07) is 9.28. The maximum absolute atomic E-state index is 13.5. The molecule has 4 rings (SSSR count). The van der Waals surface area contributed by atoms with Gasteiger partial charge < -0.3 is 19.7 Å². The molecule has 1 aliphatic heterocycles. The quantitative estimate of drug-likeness (QED) is 0.401. The molecule has 1 aliphatic carbocycles. The van der Waals surface area contributed by atoms with Gasteiger partial charge >= 0.3 is 0 Å². The van der Waals surface area contributed by atoms with Gasteiger partial charge in [-0.2, -0.15) is 0 Å². The maximum atomic E-state index is 13.5. The average Bonchev–Trinajstić information content (AvgIpc) is 3.56. The topological polar surface area (TPSA) is 105 Å². The van der Waals surface area contributed by atoms with E-state index >= 15 is 0 Å². The van der Waals surface area contributed by atoms with E-state index in [0.717, 1.165) is 31.9 Å². The molecular formula is C27H33Cl2N3O6S. The number of ether oxygens (including phenoxy) is 2. The van der Waals surface area contributed by atoms with Crippen LogP contribution in [-0.4, -0.2) is 56.8 Å². The van der Waals surface area contributed by atoms with Crippen molar-refractivity contribution in [2.45, 2.75) is 64.1 Å². The Balaban J connectivity index is 1.47. The minimum absolute atomic E-state index is 0.0306. The summed E-state index contributed by atoms with van der Waals surface area (Å²) in [4.78, 5) is 28.1. The SMILES string of the molecule is CC(C(=O)NC1CCCC1)N(Cc1ccc(Cl)cc1Cl)C(=O)CCCN(c1ccc2c(c1)OCO2)S(C)(=O)=O. The Kier molecular flexibility index (Phi) is 9.51. The monoisotopic (exact) mass is 597 g/mol. The Morgan fingerprint density at radius 3 is 2.49 bits per heavy atom. The first kappa shape index (κ1) is 29.3. The fraction of sp³-hybridized carbons (Fsp3) is 0.481. The van der Waals surface area contributed by atoms with Crippen molar-refractivity contribution >= 4 is 50.7 Å². The van der Waals surface area contributed by atoms with Crippen molar-refractivity contribution in [2.24, 2.45) is 0 Å². The van der Waals surface area contributed by atoms with Crippen LogP contribution in [0.25, 0.3) is 0 Å². The van der Waals surface area contributed by atoms with Crippen LogP contribution in [0.5, 0.6) is 11.5 Å². The van der Waals surface area contributed by atoms with E-state index in [4.69, 9.17) is 32.7 Å². The summed E-state index contributed by atoms with van der Waals surface area (Å²) in [7, 11) is -3.64. The Morgan fingerprint density at radius 1 is 1.08 bits per heavy atom. The first-order valence-corrected chi connectivity index (χ1v) is 15.5. The number of carbonyl (C=O) groups excluding carboxylic acids is 2. The second kappa shape index (κ2) is 12.7. The fourth-order valence-corrected chi connectivity index (χ4v) is 6.28. The van der Waals surface area contributed by atoms with Crippen LogP contribution in [0.15, 0.2) is 36.4 Å². The summed E-state index contributed by atoms with van der Waals surface area (Å²) in [5.74, 6) is 0.502. The highest BCUT2D eigenvalue weighted by molar-refractivity contribution is 7.92. The van der Waals surface area contributed by atoms with E-state index in [9.17, 15) is 18.0 Å². The zero-order valence-electron chi connectivity index (χ0n) is 22.0. The normalized spacial score (nSPS) is 15.7. The second-order valence-electron chi connectivity index (χ2n) is 9.90. The average molecular weight is 599 g/mol. The number of nitrogens with one attached hydrogen (secondary N) is 1. The third kappa shape index (κ3) is 7.49. The molecule has 0 aromatic heterocycles. The van der Waals surface area contributed by atoms with Crippen LogP contribution >= 0.6 is 23.2 Å². The summed E-state index contributed by atoms with van der Waals surface area (Å²) in [5, 5.41) is 3.93. The highest BCUT2D eigenvalue weighted by Crippen LogP contribution is 2.36. The zero-order valence-corrected chi connectivity index (χ0v) is 24.3. The van der Waals surface area contributed by atoms with Crippen molar-refractivity contribution in [3.8, 4) is 11.5 Å². The van der Waals surface area contributed by atoms with Crippen molar-refractivity contribution < 1.29 is 27.5 Å². The molecule has 2 aromatic carbocycles. The first-order chi connectivity index (χ1) is 18.5. The van der Waals surface area contributed by atoms with Gasteiger partial charge in [0.2, 0.25) is 28.6 Å². The molecule has 1 atom stereocenters. The summed E-state index contributed by atoms with van der Waals surface area (Å²) in [6.45, 7) is 1.96. The number of carbonyl (C=O) groups is 2. The van der Waals surface area contributed by atoms with Crippen LogP contribution in [0.1, 0.15) is 51.0 Å². The van der Waals surface area contributed by atoms with E-state index in [1.807, 2.05) is 0 Å². The molecule has 1 fully saturated rings. The number of anilines is 1. The predicted molar refractivity (Wildman–Crippen MR) is 151 cm³/mol. The van der Waals surface area contributed by atoms with Gasteiger partial charge in [0.25, 0.3) is 0 Å². The molecule has 0 radical (unpaired) electrons. The van der Waals surface area contributed by atoms with E-state index in [2.05, 4.69) is 5.32 Å². The van der Waals surface area contributed by atoms with Gasteiger partial charge in [-0.15, -0.1) is 0 Å². The molecular weight excluding hydrogens is 565 g/mol. The summed E-state index contributed by atoms with van der Waals surface area (Å²) in [5.41, 5.74) is 1.08. The lowest BCUT2D eigenvalue weighted by atomic mass is 10.1. The van der Waals surface area contributed by atoms with E-state index in [0.29, 0.717) is 32.8 Å². The summed E-state index contributed by atoms with van der Waals surface area (Å²) in [6.07, 6.45) is 5.38. The minimum atomic E-state index is -3.64. The van der Waals surface area contributed by atoms with Crippen LogP contribution in [-0.2, 0) is 26.2 Å². The fourth-order valence-electron chi connectivity index (χ4n) is 4.85. The molecule has 12 heteroatoms. The molecule has 9 nitrogen and oxygen atoms in total. The van der Waals surface area contributed by atoms with Crippen molar-refractivity contribution in [1.29, 1.82) is 0 Å². The molecule has 212 valence electrons. The lowest BCUT2D eigenvalue weighted by molar-refractivity contribution is -0.140. The number of fused-ring (bicyclic) bond motifs is 1. The van der Waals surface area contributed by atoms with Crippen LogP contribution in [0.4, 0.5) is 5.69 Å². The Hall–Kier alpha value is -2.69. The molecule has 0 spiro atoms. The third-order valence-corrected chi connectivity index (χ3v) is 8.80. The molecule has 0 bridgehead atoms. The second-order valence-corrected chi connectivity index (χ2v) is 12.7. The van der Waals surface area contributed by atoms with E-state index in [-0.39, 0.29) is 50.6 Å². The zero-order chi connectivity index (χ0) is 28.2. The van der Waals surface area contributed by atoms with Crippen molar-refractivity contribution in [3.05, 3.63) is 52.0 Å². The van der Waals surface area contributed by atoms with Crippen LogP contribution in [0.3, 0.4) is 0 Å². The molecule has 1 unspecified atom stereocenters. The lowest BCUT2D eigenvalue weighted by Crippen LogP contribution is -2.49. The molecule has 2 aromatic rings. The van der Waals surface area contributed by atoms with Gasteiger partial charge in [0, 0.05) is 41.7 Å². The van der Waals surface area contributed by atoms with Crippen molar-refractivity contribution in [2.75, 3.05) is 23.9 Å². The van der Waals surface area contributed by atoms with Crippen LogP contribution in [0.2, 0.25) is 10.0 Å². The Morgan fingerprint density at radius 2 is 1.79 bits per heavy atom. The smallest absolute Gasteiger partial charge is 0.242 e. The number of nitrogens with zero attached hydrogens (tertiary/aromatic N) is 2. The number of rotatable bonds is 11. The molecule has 1 N–H and O–H groups in total. The number of amides is 2. The molecule has 0 saturated heterocycles. The van der Waals surface area contributed by atoms with Gasteiger partial charge in [-0.25, -0.2) is 8.42 Å². The van der Waals surface area contributed by atoms with E-state index in [1.54, 1.807) is 43.3 Å². The van der Waals surface area contributed by atoms with Crippen molar-refractivity contribution in [1.82, 2.24) is 10.2 Å². The lowest BCUT2D eigenvalue weighted by Gasteiger charge is -2.30. The number of hydrogen-bond donors (Lipinski definition) is 1. The predicted octanol–water partition coefficient (Wildman–Crippen LogP) is 4.74. The highest BCUT2D eigenvalue weighted by atomic mass is 35.5. The Bertz CT molecular complexity index is 1320. The number of halogens is 2. The van der Waals surface area contributed by atoms with Crippen LogP contribution < -0.4 is 19.1 Å². The molecule has 1 saturated carbocycles. The third-order valence-electron chi connectivity index (χ3n) is 7.02. The Labute approximate surface area is 239 Å². The van der Waals surface area contributed by atoms with Gasteiger partial charge in [0.1, 0.15) is 6.04 Å². The first-order valence-electron chi connectivity index (χ1n) is 12.9. The van der Waals surface area contributed by atoms with E-state index < -0.39 is 16.1 Å². The van der Waals surface area contributed by atoms with Gasteiger partial charge in [-0.3, -0.25) is 13.9 Å². The van der Waals surface area contributed by atoms with E-state index in [1.165, 1.54) is 9.21 Å². The largest absolute Gasteiger partial charge is 0.454 e. The van der Waals surface area contributed by atoms with Gasteiger partial charge in [-0.1, -0.05) is 42.1 Å². The molecule has 39 heavy (non-hydrogen) atoms. The number of benzene rings is 2. The summed E-state index contributed by atoms with van der Waals surface area (Å²) >= 11 is 12.4. The molecule has 2 amide bonds. The standard InChI is InChI=1S/C27H33Cl2N3O6S/c1-18(27(34)30-21-6-3-4-7-21)31(16-19-9-10-20(28)14-23(19)29)26(33)8-5-13-32(39(2,35)36)22-11-12-24-25(15-22)38-17-37-24/h9-12,14-15,18,21H,3-8,13,16-17H2,1-2H3,(H,30,34). The molecule has 1 heterocycles. The van der Waals surface area contributed by atoms with Gasteiger partial charge in [0.15, 0.2) is 11.5 Å². The highest BCUT2D eigenvalue weighted by Gasteiger charge is 2.29. The van der Waals surface area contributed by atoms with Crippen molar-refractivity contribution in [3.63, 3.8) is 0 Å². The minimum Gasteiger partial charge on any atom is -0.454 e.